The highest BCUT2D eigenvalue weighted by Crippen LogP contribution is 2.27. The third-order valence-corrected chi connectivity index (χ3v) is 3.54. The van der Waals surface area contributed by atoms with Gasteiger partial charge in [0.15, 0.2) is 5.82 Å². The van der Waals surface area contributed by atoms with Gasteiger partial charge in [-0.05, 0) is 41.1 Å². The molecule has 1 aromatic heterocycles. The van der Waals surface area contributed by atoms with E-state index in [2.05, 4.69) is 15.5 Å². The van der Waals surface area contributed by atoms with Crippen LogP contribution in [0.4, 0.5) is 10.1 Å². The number of hydrogen-bond donors (Lipinski definition) is 1. The average molecular weight is 304 g/mol. The maximum Gasteiger partial charge on any atom is 0.187 e. The highest BCUT2D eigenvalue weighted by Gasteiger charge is 2.15. The second-order valence-electron chi connectivity index (χ2n) is 4.53. The van der Waals surface area contributed by atoms with Crippen molar-refractivity contribution in [3.63, 3.8) is 0 Å². The quantitative estimate of drug-likeness (QED) is 0.739. The third kappa shape index (κ3) is 2.34. The van der Waals surface area contributed by atoms with E-state index in [1.807, 2.05) is 19.1 Å². The van der Waals surface area contributed by atoms with Gasteiger partial charge in [-0.25, -0.2) is 4.39 Å². The van der Waals surface area contributed by atoms with Crippen LogP contribution in [0.15, 0.2) is 36.4 Å². The van der Waals surface area contributed by atoms with Crippen LogP contribution >= 0.6 is 11.6 Å². The number of halogens is 2. The summed E-state index contributed by atoms with van der Waals surface area (Å²) in [5.74, 6) is -0.0403. The third-order valence-electron chi connectivity index (χ3n) is 3.23. The molecule has 0 unspecified atom stereocenters. The van der Waals surface area contributed by atoms with Crippen LogP contribution in [0.5, 0.6) is 0 Å². The van der Waals surface area contributed by atoms with Crippen LogP contribution in [0, 0.1) is 12.7 Å². The number of nitrogens with zero attached hydrogens (tertiary/aromatic N) is 4. The zero-order valence-corrected chi connectivity index (χ0v) is 11.8. The van der Waals surface area contributed by atoms with Crippen LogP contribution in [-0.4, -0.2) is 20.2 Å². The van der Waals surface area contributed by atoms with E-state index >= 15 is 0 Å². The van der Waals surface area contributed by atoms with Gasteiger partial charge in [-0.3, -0.25) is 0 Å². The Balaban J connectivity index is 2.17. The summed E-state index contributed by atoms with van der Waals surface area (Å²) in [7, 11) is 0. The van der Waals surface area contributed by atoms with Crippen molar-refractivity contribution in [3.8, 4) is 17.1 Å². The van der Waals surface area contributed by atoms with E-state index in [1.54, 1.807) is 12.1 Å². The molecule has 0 radical (unpaired) electrons. The highest BCUT2D eigenvalue weighted by molar-refractivity contribution is 6.30. The Morgan fingerprint density at radius 3 is 2.81 bits per heavy atom. The Labute approximate surface area is 125 Å². The summed E-state index contributed by atoms with van der Waals surface area (Å²) in [5, 5.41) is 11.6. The number of nitrogen functional groups attached to an aromatic ring is 1. The molecular formula is C14H11ClFN5. The fourth-order valence-electron chi connectivity index (χ4n) is 2.04. The van der Waals surface area contributed by atoms with Gasteiger partial charge in [-0.2, -0.15) is 4.68 Å². The second kappa shape index (κ2) is 5.14. The number of benzene rings is 2. The fraction of sp³-hybridized carbons (Fsp3) is 0.0714. The molecule has 3 aromatic rings. The van der Waals surface area contributed by atoms with Crippen LogP contribution in [0.1, 0.15) is 5.56 Å². The first-order valence-electron chi connectivity index (χ1n) is 6.17. The Morgan fingerprint density at radius 1 is 1.24 bits per heavy atom. The molecule has 0 spiro atoms. The molecular weight excluding hydrogens is 293 g/mol. The summed E-state index contributed by atoms with van der Waals surface area (Å²) >= 11 is 5.69. The lowest BCUT2D eigenvalue weighted by molar-refractivity contribution is 0.625. The van der Waals surface area contributed by atoms with Crippen molar-refractivity contribution in [1.29, 1.82) is 0 Å². The minimum Gasteiger partial charge on any atom is -0.398 e. The van der Waals surface area contributed by atoms with Gasteiger partial charge < -0.3 is 5.73 Å². The first-order valence-corrected chi connectivity index (χ1v) is 6.55. The average Bonchev–Trinajstić information content (AvgIpc) is 2.94. The summed E-state index contributed by atoms with van der Waals surface area (Å²) in [6.45, 7) is 1.88. The van der Waals surface area contributed by atoms with Crippen molar-refractivity contribution >= 4 is 17.3 Å². The summed E-state index contributed by atoms with van der Waals surface area (Å²) in [6.07, 6.45) is 0. The van der Waals surface area contributed by atoms with Crippen LogP contribution in [-0.2, 0) is 0 Å². The van der Waals surface area contributed by atoms with Gasteiger partial charge in [0.25, 0.3) is 0 Å². The van der Waals surface area contributed by atoms with Crippen LogP contribution in [0.3, 0.4) is 0 Å². The van der Waals surface area contributed by atoms with Gasteiger partial charge in [0.2, 0.25) is 0 Å². The van der Waals surface area contributed by atoms with Crippen molar-refractivity contribution in [2.45, 2.75) is 6.92 Å². The van der Waals surface area contributed by atoms with Gasteiger partial charge in [-0.1, -0.05) is 23.7 Å². The van der Waals surface area contributed by atoms with Crippen molar-refractivity contribution < 1.29 is 4.39 Å². The number of rotatable bonds is 2. The Hall–Kier alpha value is -2.47. The first-order chi connectivity index (χ1) is 10.1. The van der Waals surface area contributed by atoms with Crippen molar-refractivity contribution in [2.24, 2.45) is 0 Å². The molecule has 21 heavy (non-hydrogen) atoms. The predicted molar refractivity (Wildman–Crippen MR) is 78.7 cm³/mol. The van der Waals surface area contributed by atoms with Gasteiger partial charge >= 0.3 is 0 Å². The topological polar surface area (TPSA) is 69.6 Å². The molecule has 2 N–H and O–H groups in total. The van der Waals surface area contributed by atoms with Crippen molar-refractivity contribution in [2.75, 3.05) is 5.73 Å². The molecule has 0 amide bonds. The van der Waals surface area contributed by atoms with Crippen LogP contribution in [0.25, 0.3) is 17.1 Å². The molecule has 3 rings (SSSR count). The molecule has 0 bridgehead atoms. The smallest absolute Gasteiger partial charge is 0.187 e. The van der Waals surface area contributed by atoms with Gasteiger partial charge in [0.1, 0.15) is 5.82 Å². The standard InChI is InChI=1S/C14H11ClFN5/c1-8-10(3-2-4-13(8)17)14-18-19-20-21(14)9-5-6-11(15)12(16)7-9/h2-7H,17H2,1H3. The zero-order chi connectivity index (χ0) is 15.0. The molecule has 5 nitrogen and oxygen atoms in total. The van der Waals surface area contributed by atoms with Crippen LogP contribution < -0.4 is 5.73 Å². The maximum absolute atomic E-state index is 13.6. The summed E-state index contributed by atoms with van der Waals surface area (Å²) in [4.78, 5) is 0. The highest BCUT2D eigenvalue weighted by atomic mass is 35.5. The molecule has 106 valence electrons. The zero-order valence-electron chi connectivity index (χ0n) is 11.1. The van der Waals surface area contributed by atoms with Crippen LogP contribution in [0.2, 0.25) is 5.02 Å². The van der Waals surface area contributed by atoms with E-state index < -0.39 is 5.82 Å². The molecule has 0 aliphatic heterocycles. The molecule has 2 aromatic carbocycles. The molecule has 1 heterocycles. The number of tetrazole rings is 1. The minimum absolute atomic E-state index is 0.0495. The lowest BCUT2D eigenvalue weighted by Crippen LogP contribution is -2.02. The normalized spacial score (nSPS) is 10.8. The molecule has 0 atom stereocenters. The fourth-order valence-corrected chi connectivity index (χ4v) is 2.16. The van der Waals surface area contributed by atoms with E-state index in [1.165, 1.54) is 16.8 Å². The van der Waals surface area contributed by atoms with E-state index in [0.717, 1.165) is 11.1 Å². The lowest BCUT2D eigenvalue weighted by Gasteiger charge is -2.09. The molecule has 0 saturated heterocycles. The van der Waals surface area contributed by atoms with E-state index in [-0.39, 0.29) is 5.02 Å². The Kier molecular flexibility index (Phi) is 3.31. The van der Waals surface area contributed by atoms with Crippen molar-refractivity contribution in [1.82, 2.24) is 20.2 Å². The largest absolute Gasteiger partial charge is 0.398 e. The minimum atomic E-state index is -0.528. The summed E-state index contributed by atoms with van der Waals surface area (Å²) in [5.41, 5.74) is 8.68. The number of anilines is 1. The number of nitrogens with two attached hydrogens (primary N) is 1. The summed E-state index contributed by atoms with van der Waals surface area (Å²) in [6, 6.07) is 9.87. The molecule has 0 saturated carbocycles. The molecule has 0 aliphatic carbocycles. The molecule has 7 heteroatoms. The van der Waals surface area contributed by atoms with Gasteiger partial charge in [-0.15, -0.1) is 5.10 Å². The lowest BCUT2D eigenvalue weighted by atomic mass is 10.1. The monoisotopic (exact) mass is 303 g/mol. The van der Waals surface area contributed by atoms with E-state index in [0.29, 0.717) is 17.2 Å². The Bertz CT molecular complexity index is 815. The SMILES string of the molecule is Cc1c(N)cccc1-c1nnnn1-c1ccc(Cl)c(F)c1. The van der Waals surface area contributed by atoms with Gasteiger partial charge in [0.05, 0.1) is 10.7 Å². The Morgan fingerprint density at radius 2 is 2.05 bits per heavy atom. The maximum atomic E-state index is 13.6. The molecule has 0 fully saturated rings. The number of aromatic nitrogens is 4. The van der Waals surface area contributed by atoms with E-state index in [9.17, 15) is 4.39 Å². The van der Waals surface area contributed by atoms with Gasteiger partial charge in [0, 0.05) is 17.3 Å². The number of hydrogen-bond acceptors (Lipinski definition) is 4. The van der Waals surface area contributed by atoms with Crippen molar-refractivity contribution in [3.05, 3.63) is 52.8 Å². The molecule has 0 aliphatic rings. The second-order valence-corrected chi connectivity index (χ2v) is 4.94. The predicted octanol–water partition coefficient (Wildman–Crippen LogP) is 3.01. The summed E-state index contributed by atoms with van der Waals surface area (Å²) < 4.78 is 15.1. The van der Waals surface area contributed by atoms with E-state index in [4.69, 9.17) is 17.3 Å². The first kappa shape index (κ1) is 13.5.